The Kier molecular flexibility index (Phi) is 6.85. The molecule has 0 spiro atoms. The van der Waals surface area contributed by atoms with E-state index in [1.807, 2.05) is 24.3 Å². The minimum absolute atomic E-state index is 0.533. The van der Waals surface area contributed by atoms with Crippen LogP contribution in [0.3, 0.4) is 0 Å². The monoisotopic (exact) mass is 353 g/mol. The Balaban J connectivity index is 1.75. The number of rotatable bonds is 9. The molecule has 1 N–H and O–H groups in total. The van der Waals surface area contributed by atoms with E-state index in [-0.39, 0.29) is 0 Å². The highest BCUT2D eigenvalue weighted by molar-refractivity contribution is 9.10. The van der Waals surface area contributed by atoms with E-state index in [9.17, 15) is 0 Å². The molecule has 0 saturated carbocycles. The van der Waals surface area contributed by atoms with Crippen LogP contribution in [0, 0.1) is 0 Å². The SMILES string of the molecule is CCCOCCCNCc1nnc(-c2ccccc2Br)o1. The fourth-order valence-electron chi connectivity index (χ4n) is 1.81. The van der Waals surface area contributed by atoms with Crippen LogP contribution in [-0.4, -0.2) is 30.0 Å². The fourth-order valence-corrected chi connectivity index (χ4v) is 2.26. The Morgan fingerprint density at radius 3 is 2.90 bits per heavy atom. The van der Waals surface area contributed by atoms with E-state index < -0.39 is 0 Å². The molecule has 1 aromatic carbocycles. The zero-order valence-electron chi connectivity index (χ0n) is 12.1. The largest absolute Gasteiger partial charge is 0.419 e. The molecule has 0 aliphatic heterocycles. The Hall–Kier alpha value is -1.24. The van der Waals surface area contributed by atoms with Gasteiger partial charge in [-0.1, -0.05) is 19.1 Å². The van der Waals surface area contributed by atoms with Crippen LogP contribution < -0.4 is 5.32 Å². The van der Waals surface area contributed by atoms with Gasteiger partial charge in [0, 0.05) is 17.7 Å². The topological polar surface area (TPSA) is 60.2 Å². The third kappa shape index (κ3) is 5.22. The highest BCUT2D eigenvalue weighted by atomic mass is 79.9. The van der Waals surface area contributed by atoms with Gasteiger partial charge < -0.3 is 14.5 Å². The lowest BCUT2D eigenvalue weighted by Crippen LogP contribution is -2.16. The Morgan fingerprint density at radius 2 is 2.10 bits per heavy atom. The third-order valence-corrected chi connectivity index (χ3v) is 3.53. The first-order valence-electron chi connectivity index (χ1n) is 7.17. The molecule has 0 fully saturated rings. The summed E-state index contributed by atoms with van der Waals surface area (Å²) in [6.07, 6.45) is 2.04. The summed E-state index contributed by atoms with van der Waals surface area (Å²) >= 11 is 3.48. The average molecular weight is 354 g/mol. The first kappa shape index (κ1) is 16.1. The molecule has 1 aromatic heterocycles. The van der Waals surface area contributed by atoms with E-state index in [1.54, 1.807) is 0 Å². The van der Waals surface area contributed by atoms with Crippen LogP contribution >= 0.6 is 15.9 Å². The summed E-state index contributed by atoms with van der Waals surface area (Å²) in [5, 5.41) is 11.4. The van der Waals surface area contributed by atoms with Crippen LogP contribution in [0.1, 0.15) is 25.7 Å². The summed E-state index contributed by atoms with van der Waals surface area (Å²) in [5.41, 5.74) is 0.907. The molecule has 1 heterocycles. The minimum Gasteiger partial charge on any atom is -0.419 e. The molecule has 2 aromatic rings. The lowest BCUT2D eigenvalue weighted by molar-refractivity contribution is 0.132. The maximum atomic E-state index is 5.65. The van der Waals surface area contributed by atoms with E-state index in [2.05, 4.69) is 38.4 Å². The van der Waals surface area contributed by atoms with E-state index in [4.69, 9.17) is 9.15 Å². The molecule has 114 valence electrons. The number of benzene rings is 1. The van der Waals surface area contributed by atoms with Crippen LogP contribution in [0.25, 0.3) is 11.5 Å². The molecule has 0 bridgehead atoms. The summed E-state index contributed by atoms with van der Waals surface area (Å²) in [7, 11) is 0. The molecule has 6 heteroatoms. The number of nitrogens with one attached hydrogen (secondary N) is 1. The van der Waals surface area contributed by atoms with E-state index in [1.165, 1.54) is 0 Å². The highest BCUT2D eigenvalue weighted by Gasteiger charge is 2.10. The molecule has 0 atom stereocenters. The van der Waals surface area contributed by atoms with Crippen LogP contribution in [0.2, 0.25) is 0 Å². The standard InChI is InChI=1S/C15H20BrN3O2/c1-2-9-20-10-5-8-17-11-14-18-19-15(21-14)12-6-3-4-7-13(12)16/h3-4,6-7,17H,2,5,8-11H2,1H3. The van der Waals surface area contributed by atoms with Crippen LogP contribution in [-0.2, 0) is 11.3 Å². The molecule has 5 nitrogen and oxygen atoms in total. The van der Waals surface area contributed by atoms with Gasteiger partial charge in [-0.05, 0) is 47.4 Å². The number of halogens is 1. The molecule has 0 aliphatic carbocycles. The van der Waals surface area contributed by atoms with Gasteiger partial charge in [0.1, 0.15) is 0 Å². The summed E-state index contributed by atoms with van der Waals surface area (Å²) in [5.74, 6) is 1.13. The first-order chi connectivity index (χ1) is 10.3. The van der Waals surface area contributed by atoms with Crippen molar-refractivity contribution >= 4 is 15.9 Å². The van der Waals surface area contributed by atoms with Crippen molar-refractivity contribution in [2.45, 2.75) is 26.3 Å². The quantitative estimate of drug-likeness (QED) is 0.700. The van der Waals surface area contributed by atoms with Crippen molar-refractivity contribution in [1.29, 1.82) is 0 Å². The second kappa shape index (κ2) is 8.92. The first-order valence-corrected chi connectivity index (χ1v) is 7.96. The van der Waals surface area contributed by atoms with E-state index in [0.717, 1.165) is 42.6 Å². The predicted molar refractivity (Wildman–Crippen MR) is 84.9 cm³/mol. The molecule has 0 aliphatic rings. The van der Waals surface area contributed by atoms with Gasteiger partial charge in [0.05, 0.1) is 12.1 Å². The van der Waals surface area contributed by atoms with Crippen LogP contribution in [0.4, 0.5) is 0 Å². The molecule has 0 radical (unpaired) electrons. The fraction of sp³-hybridized carbons (Fsp3) is 0.467. The minimum atomic E-state index is 0.533. The van der Waals surface area contributed by atoms with Crippen LogP contribution in [0.5, 0.6) is 0 Å². The molecular weight excluding hydrogens is 334 g/mol. The zero-order valence-corrected chi connectivity index (χ0v) is 13.7. The van der Waals surface area contributed by atoms with Gasteiger partial charge in [-0.15, -0.1) is 10.2 Å². The second-order valence-corrected chi connectivity index (χ2v) is 5.48. The van der Waals surface area contributed by atoms with Gasteiger partial charge in [0.25, 0.3) is 0 Å². The van der Waals surface area contributed by atoms with Gasteiger partial charge in [0.2, 0.25) is 11.8 Å². The summed E-state index contributed by atoms with van der Waals surface area (Å²) in [4.78, 5) is 0. The van der Waals surface area contributed by atoms with Gasteiger partial charge >= 0.3 is 0 Å². The van der Waals surface area contributed by atoms with Crippen molar-refractivity contribution in [2.75, 3.05) is 19.8 Å². The van der Waals surface area contributed by atoms with Gasteiger partial charge in [-0.25, -0.2) is 0 Å². The van der Waals surface area contributed by atoms with Gasteiger partial charge in [-0.3, -0.25) is 0 Å². The van der Waals surface area contributed by atoms with Crippen molar-refractivity contribution in [3.05, 3.63) is 34.6 Å². The zero-order chi connectivity index (χ0) is 14.9. The number of aromatic nitrogens is 2. The molecule has 0 saturated heterocycles. The van der Waals surface area contributed by atoms with Crippen LogP contribution in [0.15, 0.2) is 33.2 Å². The maximum Gasteiger partial charge on any atom is 0.248 e. The van der Waals surface area contributed by atoms with Crippen molar-refractivity contribution in [2.24, 2.45) is 0 Å². The third-order valence-electron chi connectivity index (χ3n) is 2.84. The molecule has 0 unspecified atom stereocenters. The predicted octanol–water partition coefficient (Wildman–Crippen LogP) is 3.41. The van der Waals surface area contributed by atoms with Gasteiger partial charge in [-0.2, -0.15) is 0 Å². The molecule has 0 amide bonds. The normalized spacial score (nSPS) is 11.0. The Morgan fingerprint density at radius 1 is 1.24 bits per heavy atom. The van der Waals surface area contributed by atoms with Crippen molar-refractivity contribution in [1.82, 2.24) is 15.5 Å². The summed E-state index contributed by atoms with van der Waals surface area (Å²) in [6.45, 7) is 5.17. The van der Waals surface area contributed by atoms with Crippen molar-refractivity contribution < 1.29 is 9.15 Å². The number of hydrogen-bond acceptors (Lipinski definition) is 5. The summed E-state index contributed by atoms with van der Waals surface area (Å²) in [6, 6.07) is 7.79. The maximum absolute atomic E-state index is 5.65. The highest BCUT2D eigenvalue weighted by Crippen LogP contribution is 2.26. The smallest absolute Gasteiger partial charge is 0.248 e. The Labute approximate surface area is 133 Å². The van der Waals surface area contributed by atoms with Crippen molar-refractivity contribution in [3.63, 3.8) is 0 Å². The van der Waals surface area contributed by atoms with E-state index in [0.29, 0.717) is 18.3 Å². The number of nitrogens with zero attached hydrogens (tertiary/aromatic N) is 2. The second-order valence-electron chi connectivity index (χ2n) is 4.62. The Bertz CT molecular complexity index is 545. The van der Waals surface area contributed by atoms with Gasteiger partial charge in [0.15, 0.2) is 0 Å². The molecule has 2 rings (SSSR count). The summed E-state index contributed by atoms with van der Waals surface area (Å²) < 4.78 is 12.0. The van der Waals surface area contributed by atoms with Crippen molar-refractivity contribution in [3.8, 4) is 11.5 Å². The molecule has 21 heavy (non-hydrogen) atoms. The number of hydrogen-bond donors (Lipinski definition) is 1. The van der Waals surface area contributed by atoms with E-state index >= 15 is 0 Å². The molecular formula is C15H20BrN3O2. The average Bonchev–Trinajstić information content (AvgIpc) is 2.95. The lowest BCUT2D eigenvalue weighted by atomic mass is 10.2. The lowest BCUT2D eigenvalue weighted by Gasteiger charge is -2.03. The number of ether oxygens (including phenoxy) is 1.